The lowest BCUT2D eigenvalue weighted by molar-refractivity contribution is -0.124. The number of nitrogens with zero attached hydrogens (tertiary/aromatic N) is 4. The molecule has 3 N–H and O–H groups in total. The van der Waals surface area contributed by atoms with E-state index in [1.54, 1.807) is 11.7 Å². The Morgan fingerprint density at radius 1 is 1.63 bits per heavy atom. The summed E-state index contributed by atoms with van der Waals surface area (Å²) in [4.78, 5) is 11.9. The number of carbonyl (C=O) groups excluding carboxylic acids is 1. The van der Waals surface area contributed by atoms with Crippen LogP contribution in [0.3, 0.4) is 0 Å². The zero-order valence-corrected chi connectivity index (χ0v) is 12.1. The predicted octanol–water partition coefficient (Wildman–Crippen LogP) is -0.0641. The van der Waals surface area contributed by atoms with Crippen LogP contribution in [-0.4, -0.2) is 44.0 Å². The molecule has 19 heavy (non-hydrogen) atoms. The average Bonchev–Trinajstić information content (AvgIpc) is 3.14. The van der Waals surface area contributed by atoms with Crippen molar-refractivity contribution in [3.8, 4) is 0 Å². The topological polar surface area (TPSA) is 98.7 Å². The molecule has 1 aromatic rings. The Balaban J connectivity index is 2.08. The molecule has 7 nitrogen and oxygen atoms in total. The van der Waals surface area contributed by atoms with Crippen molar-refractivity contribution in [1.82, 2.24) is 25.5 Å². The SMILES string of the molecule is CCCNC(CSc1nnnn1C)(C(N)=O)C1CC1. The minimum atomic E-state index is -0.632. The molecular formula is C11H20N6OS. The summed E-state index contributed by atoms with van der Waals surface area (Å²) < 4.78 is 1.60. The predicted molar refractivity (Wildman–Crippen MR) is 72.5 cm³/mol. The lowest BCUT2D eigenvalue weighted by Gasteiger charge is -2.31. The molecule has 106 valence electrons. The molecule has 2 rings (SSSR count). The Bertz CT molecular complexity index is 446. The van der Waals surface area contributed by atoms with E-state index in [9.17, 15) is 4.79 Å². The second kappa shape index (κ2) is 5.87. The maximum atomic E-state index is 11.9. The Morgan fingerprint density at radius 3 is 2.84 bits per heavy atom. The number of tetrazole rings is 1. The van der Waals surface area contributed by atoms with E-state index < -0.39 is 5.54 Å². The minimum absolute atomic E-state index is 0.272. The molecule has 0 bridgehead atoms. The van der Waals surface area contributed by atoms with Crippen LogP contribution in [0.4, 0.5) is 0 Å². The maximum Gasteiger partial charge on any atom is 0.238 e. The van der Waals surface area contributed by atoms with Gasteiger partial charge in [0.2, 0.25) is 11.1 Å². The summed E-state index contributed by atoms with van der Waals surface area (Å²) in [6.45, 7) is 2.86. The maximum absolute atomic E-state index is 11.9. The summed E-state index contributed by atoms with van der Waals surface area (Å²) >= 11 is 1.47. The van der Waals surface area contributed by atoms with Crippen molar-refractivity contribution in [3.63, 3.8) is 0 Å². The van der Waals surface area contributed by atoms with Crippen molar-refractivity contribution in [2.45, 2.75) is 36.9 Å². The number of nitrogens with two attached hydrogens (primary N) is 1. The standard InChI is InChI=1S/C11H20N6OS/c1-3-6-13-11(9(12)18,8-4-5-8)7-19-10-14-15-16-17(10)2/h8,13H,3-7H2,1-2H3,(H2,12,18). The zero-order chi connectivity index (χ0) is 13.9. The van der Waals surface area contributed by atoms with Crippen LogP contribution in [0.15, 0.2) is 5.16 Å². The third-order valence-corrected chi connectivity index (χ3v) is 4.62. The van der Waals surface area contributed by atoms with Gasteiger partial charge in [0, 0.05) is 12.8 Å². The molecule has 0 spiro atoms. The highest BCUT2D eigenvalue weighted by Gasteiger charge is 2.49. The number of aryl methyl sites for hydroxylation is 1. The number of carbonyl (C=O) groups is 1. The molecule has 0 radical (unpaired) electrons. The molecule has 1 amide bonds. The van der Waals surface area contributed by atoms with E-state index in [4.69, 9.17) is 5.73 Å². The average molecular weight is 284 g/mol. The molecule has 1 atom stereocenters. The van der Waals surface area contributed by atoms with Gasteiger partial charge in [-0.15, -0.1) is 5.10 Å². The van der Waals surface area contributed by atoms with Gasteiger partial charge in [-0.1, -0.05) is 18.7 Å². The van der Waals surface area contributed by atoms with Gasteiger partial charge in [-0.05, 0) is 42.2 Å². The van der Waals surface area contributed by atoms with Gasteiger partial charge in [-0.25, -0.2) is 4.68 Å². The van der Waals surface area contributed by atoms with Crippen LogP contribution in [0, 0.1) is 5.92 Å². The first-order valence-corrected chi connectivity index (χ1v) is 7.49. The van der Waals surface area contributed by atoms with Crippen molar-refractivity contribution < 1.29 is 4.79 Å². The van der Waals surface area contributed by atoms with Crippen molar-refractivity contribution in [2.75, 3.05) is 12.3 Å². The monoisotopic (exact) mass is 284 g/mol. The molecule has 0 aliphatic heterocycles. The molecule has 1 unspecified atom stereocenters. The molecule has 0 saturated heterocycles. The second-order valence-electron chi connectivity index (χ2n) is 4.91. The fraction of sp³-hybridized carbons (Fsp3) is 0.818. The van der Waals surface area contributed by atoms with E-state index >= 15 is 0 Å². The van der Waals surface area contributed by atoms with Crippen molar-refractivity contribution in [3.05, 3.63) is 0 Å². The summed E-state index contributed by atoms with van der Waals surface area (Å²) in [6, 6.07) is 0. The van der Waals surface area contributed by atoms with Crippen LogP contribution in [0.2, 0.25) is 0 Å². The Morgan fingerprint density at radius 2 is 2.37 bits per heavy atom. The van der Waals surface area contributed by atoms with E-state index in [1.165, 1.54) is 11.8 Å². The molecule has 1 fully saturated rings. The van der Waals surface area contributed by atoms with E-state index in [0.717, 1.165) is 25.8 Å². The number of hydrogen-bond acceptors (Lipinski definition) is 6. The van der Waals surface area contributed by atoms with Crippen LogP contribution in [-0.2, 0) is 11.8 Å². The first-order valence-electron chi connectivity index (χ1n) is 6.50. The van der Waals surface area contributed by atoms with E-state index in [-0.39, 0.29) is 5.91 Å². The molecule has 0 aromatic carbocycles. The number of aromatic nitrogens is 4. The molecular weight excluding hydrogens is 264 g/mol. The summed E-state index contributed by atoms with van der Waals surface area (Å²) in [5.41, 5.74) is 5.03. The van der Waals surface area contributed by atoms with Gasteiger partial charge >= 0.3 is 0 Å². The molecule has 1 aliphatic carbocycles. The summed E-state index contributed by atoms with van der Waals surface area (Å²) in [6.07, 6.45) is 3.08. The van der Waals surface area contributed by atoms with Gasteiger partial charge in [-0.3, -0.25) is 4.79 Å². The lowest BCUT2D eigenvalue weighted by Crippen LogP contribution is -2.59. The summed E-state index contributed by atoms with van der Waals surface area (Å²) in [5.74, 6) is 0.637. The summed E-state index contributed by atoms with van der Waals surface area (Å²) in [5, 5.41) is 15.4. The van der Waals surface area contributed by atoms with Crippen LogP contribution < -0.4 is 11.1 Å². The lowest BCUT2D eigenvalue weighted by atomic mass is 9.94. The van der Waals surface area contributed by atoms with Crippen LogP contribution in [0.5, 0.6) is 0 Å². The smallest absolute Gasteiger partial charge is 0.238 e. The number of primary amides is 1. The molecule has 1 aromatic heterocycles. The number of rotatable bonds is 8. The number of thioether (sulfide) groups is 1. The Hall–Kier alpha value is -1.15. The molecule has 1 aliphatic rings. The minimum Gasteiger partial charge on any atom is -0.368 e. The highest BCUT2D eigenvalue weighted by atomic mass is 32.2. The molecule has 1 saturated carbocycles. The second-order valence-corrected chi connectivity index (χ2v) is 5.85. The largest absolute Gasteiger partial charge is 0.368 e. The van der Waals surface area contributed by atoms with E-state index in [0.29, 0.717) is 16.8 Å². The van der Waals surface area contributed by atoms with Crippen LogP contribution in [0.25, 0.3) is 0 Å². The first-order chi connectivity index (χ1) is 9.10. The third-order valence-electron chi connectivity index (χ3n) is 3.41. The van der Waals surface area contributed by atoms with Gasteiger partial charge < -0.3 is 11.1 Å². The van der Waals surface area contributed by atoms with Gasteiger partial charge in [0.05, 0.1) is 0 Å². The highest BCUT2D eigenvalue weighted by molar-refractivity contribution is 7.99. The fourth-order valence-corrected chi connectivity index (χ4v) is 3.27. The number of amides is 1. The first kappa shape index (κ1) is 14.3. The highest BCUT2D eigenvalue weighted by Crippen LogP contribution is 2.42. The number of hydrogen-bond donors (Lipinski definition) is 2. The van der Waals surface area contributed by atoms with Crippen LogP contribution >= 0.6 is 11.8 Å². The van der Waals surface area contributed by atoms with Gasteiger partial charge in [0.1, 0.15) is 5.54 Å². The Kier molecular flexibility index (Phi) is 4.41. The van der Waals surface area contributed by atoms with Gasteiger partial charge in [-0.2, -0.15) is 0 Å². The normalized spacial score (nSPS) is 18.2. The van der Waals surface area contributed by atoms with Crippen molar-refractivity contribution in [2.24, 2.45) is 18.7 Å². The van der Waals surface area contributed by atoms with Crippen molar-refractivity contribution in [1.29, 1.82) is 0 Å². The Labute approximate surface area is 116 Å². The van der Waals surface area contributed by atoms with Crippen molar-refractivity contribution >= 4 is 17.7 Å². The number of nitrogens with one attached hydrogen (secondary N) is 1. The van der Waals surface area contributed by atoms with Gasteiger partial charge in [0.25, 0.3) is 0 Å². The van der Waals surface area contributed by atoms with E-state index in [1.807, 2.05) is 0 Å². The van der Waals surface area contributed by atoms with E-state index in [2.05, 4.69) is 27.8 Å². The third kappa shape index (κ3) is 3.06. The molecule has 1 heterocycles. The van der Waals surface area contributed by atoms with Crippen LogP contribution in [0.1, 0.15) is 26.2 Å². The summed E-state index contributed by atoms with van der Waals surface area (Å²) in [7, 11) is 1.78. The zero-order valence-electron chi connectivity index (χ0n) is 11.3. The fourth-order valence-electron chi connectivity index (χ4n) is 2.12. The molecule has 8 heteroatoms. The quantitative estimate of drug-likeness (QED) is 0.649. The van der Waals surface area contributed by atoms with Gasteiger partial charge in [0.15, 0.2) is 0 Å².